The number of carbonyl (C=O) groups excluding carboxylic acids is 2. The topological polar surface area (TPSA) is 86.9 Å². The normalized spacial score (nSPS) is 20.6. The van der Waals surface area contributed by atoms with Crippen molar-refractivity contribution in [1.82, 2.24) is 15.5 Å². The van der Waals surface area contributed by atoms with Gasteiger partial charge < -0.3 is 10.6 Å². The largest absolute Gasteiger partial charge is 0.344 e. The Balaban J connectivity index is 1.93. The number of aromatic nitrogens is 2. The van der Waals surface area contributed by atoms with Gasteiger partial charge in [0.15, 0.2) is 0 Å². The molecule has 1 saturated heterocycles. The van der Waals surface area contributed by atoms with Crippen molar-refractivity contribution in [3.05, 3.63) is 12.4 Å². The highest BCUT2D eigenvalue weighted by molar-refractivity contribution is 5.98. The van der Waals surface area contributed by atoms with E-state index in [-0.39, 0.29) is 11.8 Å². The van der Waals surface area contributed by atoms with Crippen molar-refractivity contribution >= 4 is 17.5 Å². The number of hydrogen-bond acceptors (Lipinski definition) is 3. The van der Waals surface area contributed by atoms with Crippen LogP contribution in [0, 0.1) is 0 Å². The second-order valence-corrected chi connectivity index (χ2v) is 3.14. The number of H-pyrrole nitrogens is 1. The Morgan fingerprint density at radius 2 is 2.50 bits per heavy atom. The van der Waals surface area contributed by atoms with E-state index < -0.39 is 6.04 Å². The molecule has 1 aliphatic rings. The van der Waals surface area contributed by atoms with Crippen LogP contribution in [0.25, 0.3) is 0 Å². The molecule has 0 radical (unpaired) electrons. The van der Waals surface area contributed by atoms with Crippen LogP contribution in [-0.2, 0) is 9.59 Å². The summed E-state index contributed by atoms with van der Waals surface area (Å²) < 4.78 is 0. The molecule has 1 aromatic heterocycles. The van der Waals surface area contributed by atoms with Crippen molar-refractivity contribution in [2.75, 3.05) is 5.32 Å². The highest BCUT2D eigenvalue weighted by atomic mass is 16.2. The molecule has 1 aliphatic heterocycles. The molecule has 3 N–H and O–H groups in total. The molecule has 74 valence electrons. The molecular weight excluding hydrogens is 184 g/mol. The summed E-state index contributed by atoms with van der Waals surface area (Å²) >= 11 is 0. The highest BCUT2D eigenvalue weighted by Gasteiger charge is 2.27. The monoisotopic (exact) mass is 194 g/mol. The molecule has 0 aliphatic carbocycles. The lowest BCUT2D eigenvalue weighted by Gasteiger charge is -2.08. The second kappa shape index (κ2) is 3.49. The number of amides is 2. The van der Waals surface area contributed by atoms with E-state index >= 15 is 0 Å². The summed E-state index contributed by atoms with van der Waals surface area (Å²) in [5, 5.41) is 11.5. The molecular formula is C8H10N4O2. The first-order chi connectivity index (χ1) is 6.75. The number of nitrogens with one attached hydrogen (secondary N) is 3. The van der Waals surface area contributed by atoms with Crippen molar-refractivity contribution in [2.45, 2.75) is 18.9 Å². The van der Waals surface area contributed by atoms with Crippen LogP contribution in [-0.4, -0.2) is 28.1 Å². The molecule has 0 aromatic carbocycles. The molecule has 2 rings (SSSR count). The molecule has 1 fully saturated rings. The molecule has 0 spiro atoms. The van der Waals surface area contributed by atoms with Gasteiger partial charge in [-0.3, -0.25) is 14.7 Å². The van der Waals surface area contributed by atoms with Crippen LogP contribution in [0.4, 0.5) is 5.69 Å². The first kappa shape index (κ1) is 8.74. The zero-order chi connectivity index (χ0) is 9.97. The highest BCUT2D eigenvalue weighted by Crippen LogP contribution is 2.09. The van der Waals surface area contributed by atoms with Crippen LogP contribution in [0.2, 0.25) is 0 Å². The molecule has 14 heavy (non-hydrogen) atoms. The van der Waals surface area contributed by atoms with Gasteiger partial charge in [-0.05, 0) is 6.42 Å². The zero-order valence-electron chi connectivity index (χ0n) is 7.41. The first-order valence-electron chi connectivity index (χ1n) is 4.35. The number of hydrogen-bond donors (Lipinski definition) is 3. The lowest BCUT2D eigenvalue weighted by Crippen LogP contribution is -2.37. The van der Waals surface area contributed by atoms with E-state index in [1.54, 1.807) is 6.20 Å². The molecule has 1 atom stereocenters. The second-order valence-electron chi connectivity index (χ2n) is 3.14. The molecule has 0 bridgehead atoms. The third-order valence-electron chi connectivity index (χ3n) is 2.08. The van der Waals surface area contributed by atoms with Crippen molar-refractivity contribution in [1.29, 1.82) is 0 Å². The zero-order valence-corrected chi connectivity index (χ0v) is 7.41. The number of carbonyl (C=O) groups is 2. The van der Waals surface area contributed by atoms with Gasteiger partial charge in [0.1, 0.15) is 6.04 Å². The van der Waals surface area contributed by atoms with E-state index in [4.69, 9.17) is 0 Å². The molecule has 2 amide bonds. The predicted molar refractivity (Wildman–Crippen MR) is 48.4 cm³/mol. The molecule has 0 unspecified atom stereocenters. The van der Waals surface area contributed by atoms with Crippen LogP contribution >= 0.6 is 0 Å². The number of nitrogens with zero attached hydrogens (tertiary/aromatic N) is 1. The summed E-state index contributed by atoms with van der Waals surface area (Å²) in [5.41, 5.74) is 0.608. The quantitative estimate of drug-likeness (QED) is 0.600. The van der Waals surface area contributed by atoms with E-state index in [2.05, 4.69) is 20.8 Å². The van der Waals surface area contributed by atoms with Crippen molar-refractivity contribution in [2.24, 2.45) is 0 Å². The summed E-state index contributed by atoms with van der Waals surface area (Å²) in [7, 11) is 0. The van der Waals surface area contributed by atoms with Gasteiger partial charge in [-0.25, -0.2) is 0 Å². The number of anilines is 1. The first-order valence-corrected chi connectivity index (χ1v) is 4.35. The van der Waals surface area contributed by atoms with Gasteiger partial charge >= 0.3 is 0 Å². The maximum Gasteiger partial charge on any atom is 0.247 e. The van der Waals surface area contributed by atoms with Crippen LogP contribution < -0.4 is 10.6 Å². The van der Waals surface area contributed by atoms with Gasteiger partial charge in [0.25, 0.3) is 0 Å². The van der Waals surface area contributed by atoms with Crippen molar-refractivity contribution < 1.29 is 9.59 Å². The van der Waals surface area contributed by atoms with Gasteiger partial charge in [-0.15, -0.1) is 0 Å². The number of aromatic amines is 1. The molecule has 2 heterocycles. The summed E-state index contributed by atoms with van der Waals surface area (Å²) in [6.45, 7) is 0. The van der Waals surface area contributed by atoms with Gasteiger partial charge in [-0.1, -0.05) is 0 Å². The van der Waals surface area contributed by atoms with Crippen LogP contribution in [0.3, 0.4) is 0 Å². The summed E-state index contributed by atoms with van der Waals surface area (Å²) in [6, 6.07) is -0.405. The predicted octanol–water partition coefficient (Wildman–Crippen LogP) is -0.373. The van der Waals surface area contributed by atoms with Crippen LogP contribution in [0.5, 0.6) is 0 Å². The van der Waals surface area contributed by atoms with Crippen molar-refractivity contribution in [3.8, 4) is 0 Å². The maximum absolute atomic E-state index is 11.5. The van der Waals surface area contributed by atoms with Gasteiger partial charge in [-0.2, -0.15) is 5.10 Å². The van der Waals surface area contributed by atoms with Crippen LogP contribution in [0.15, 0.2) is 12.4 Å². The Morgan fingerprint density at radius 1 is 1.64 bits per heavy atom. The Kier molecular flexibility index (Phi) is 2.18. The minimum absolute atomic E-state index is 0.0719. The Labute approximate surface area is 80.1 Å². The lowest BCUT2D eigenvalue weighted by molar-refractivity contribution is -0.122. The Hall–Kier alpha value is -1.85. The van der Waals surface area contributed by atoms with Gasteiger partial charge in [0.05, 0.1) is 11.9 Å². The minimum atomic E-state index is -0.405. The van der Waals surface area contributed by atoms with Crippen LogP contribution in [0.1, 0.15) is 12.8 Å². The standard InChI is InChI=1S/C8H10N4O2/c13-7-2-1-6(12-7)8(14)11-5-3-9-10-4-5/h3-4,6H,1-2H2,(H,9,10)(H,11,14)(H,12,13)/t6-/m1/s1. The molecule has 0 saturated carbocycles. The molecule has 6 nitrogen and oxygen atoms in total. The third-order valence-corrected chi connectivity index (χ3v) is 2.08. The van der Waals surface area contributed by atoms with E-state index in [9.17, 15) is 9.59 Å². The fraction of sp³-hybridized carbons (Fsp3) is 0.375. The minimum Gasteiger partial charge on any atom is -0.344 e. The summed E-state index contributed by atoms with van der Waals surface area (Å²) in [4.78, 5) is 22.3. The molecule has 1 aromatic rings. The van der Waals surface area contributed by atoms with E-state index in [1.165, 1.54) is 6.20 Å². The summed E-state index contributed by atoms with van der Waals surface area (Å²) in [6.07, 6.45) is 4.06. The fourth-order valence-electron chi connectivity index (χ4n) is 1.36. The van der Waals surface area contributed by atoms with E-state index in [1.807, 2.05) is 0 Å². The average molecular weight is 194 g/mol. The van der Waals surface area contributed by atoms with E-state index in [0.717, 1.165) is 0 Å². The smallest absolute Gasteiger partial charge is 0.247 e. The van der Waals surface area contributed by atoms with E-state index in [0.29, 0.717) is 18.5 Å². The number of rotatable bonds is 2. The van der Waals surface area contributed by atoms with Gasteiger partial charge in [0.2, 0.25) is 11.8 Å². The third kappa shape index (κ3) is 1.73. The summed E-state index contributed by atoms with van der Waals surface area (Å²) in [5.74, 6) is -0.269. The lowest BCUT2D eigenvalue weighted by atomic mass is 10.2. The maximum atomic E-state index is 11.5. The van der Waals surface area contributed by atoms with Gasteiger partial charge in [0, 0.05) is 12.6 Å². The average Bonchev–Trinajstić information content (AvgIpc) is 2.75. The fourth-order valence-corrected chi connectivity index (χ4v) is 1.36. The SMILES string of the molecule is O=C1CC[C@H](C(=O)Nc2cn[nH]c2)N1. The Bertz CT molecular complexity index is 346. The molecule has 6 heteroatoms. The Morgan fingerprint density at radius 3 is 3.07 bits per heavy atom. The van der Waals surface area contributed by atoms with Crippen molar-refractivity contribution in [3.63, 3.8) is 0 Å².